The summed E-state index contributed by atoms with van der Waals surface area (Å²) in [5.74, 6) is -2.34. The molecular formula is C89H144O17P2. The van der Waals surface area contributed by atoms with Gasteiger partial charge in [-0.25, -0.2) is 9.13 Å². The number of carbonyl (C=O) groups excluding carboxylic acids is 4. The standard InChI is InChI=1S/C89H144O17P2/c1-5-9-13-17-21-25-29-33-36-39-41-44-47-51-54-58-62-66-70-74-87(92)99-79-84(105-88(93)75-71-67-63-59-55-49-32-28-24-20-16-12-8-4)81-103-107(95,96)101-77-83(90)78-102-108(97,98)104-82-85(80-100-86(91)73-69-65-61-57-53-50-46-43-38-35-31-27-23-19-15-11-7-3)106-89(94)76-72-68-64-60-56-52-48-45-42-40-37-34-30-26-22-18-14-10-6-2/h9-10,13-14,21-23,25-28,32-38,41-42,44-46,50-52,54,56-57,61,83-85,90H,5-8,11-12,15-20,24,29-31,39-40,43,47-49,53,55,58-60,62-82H2,1-4H3,(H,95,96)(H,97,98)/b13-9-,14-10-,25-21-,26-22-,27-23-,32-28-,36-33-,37-34-,38-35-,44-41-,45-42-,50-46-,54-51-,56-52-,61-57-/t83-,84-,85-/m1/s1. The maximum Gasteiger partial charge on any atom is 0.472 e. The molecule has 0 saturated carbocycles. The van der Waals surface area contributed by atoms with Crippen molar-refractivity contribution in [3.63, 3.8) is 0 Å². The molecule has 0 aliphatic rings. The zero-order valence-electron chi connectivity index (χ0n) is 66.9. The molecule has 17 nitrogen and oxygen atoms in total. The van der Waals surface area contributed by atoms with Crippen molar-refractivity contribution in [1.29, 1.82) is 0 Å². The van der Waals surface area contributed by atoms with Crippen LogP contribution in [0.25, 0.3) is 0 Å². The Morgan fingerprint density at radius 2 is 0.491 bits per heavy atom. The van der Waals surface area contributed by atoms with Crippen LogP contribution in [-0.4, -0.2) is 96.7 Å². The highest BCUT2D eigenvalue weighted by Crippen LogP contribution is 2.45. The molecule has 19 heteroatoms. The molecule has 0 bridgehead atoms. The molecule has 0 spiro atoms. The van der Waals surface area contributed by atoms with E-state index in [1.165, 1.54) is 44.9 Å². The van der Waals surface area contributed by atoms with Crippen LogP contribution in [0, 0.1) is 0 Å². The molecule has 0 aromatic carbocycles. The van der Waals surface area contributed by atoms with E-state index in [1.54, 1.807) is 0 Å². The normalized spacial score (nSPS) is 14.8. The van der Waals surface area contributed by atoms with Gasteiger partial charge in [-0.05, 0) is 180 Å². The monoisotopic (exact) mass is 1550 g/mol. The Kier molecular flexibility index (Phi) is 75.0. The summed E-state index contributed by atoms with van der Waals surface area (Å²) in [5.41, 5.74) is 0. The molecule has 0 saturated heterocycles. The van der Waals surface area contributed by atoms with Gasteiger partial charge in [0.15, 0.2) is 12.2 Å². The molecule has 3 N–H and O–H groups in total. The number of hydrogen-bond acceptors (Lipinski definition) is 15. The number of esters is 4. The molecule has 0 aliphatic heterocycles. The largest absolute Gasteiger partial charge is 0.472 e. The molecule has 0 aromatic heterocycles. The Bertz CT molecular complexity index is 2760. The lowest BCUT2D eigenvalue weighted by molar-refractivity contribution is -0.161. The van der Waals surface area contributed by atoms with Gasteiger partial charge in [0.1, 0.15) is 19.3 Å². The summed E-state index contributed by atoms with van der Waals surface area (Å²) in [6.07, 6.45) is 95.9. The molecule has 0 aliphatic carbocycles. The molecule has 0 amide bonds. The van der Waals surface area contributed by atoms with E-state index in [9.17, 15) is 43.2 Å². The summed E-state index contributed by atoms with van der Waals surface area (Å²) in [7, 11) is -10.0. The fraction of sp³-hybridized carbons (Fsp3) is 0.618. The third-order valence-electron chi connectivity index (χ3n) is 16.3. The number of phosphoric ester groups is 2. The first kappa shape index (κ1) is 102. The highest BCUT2D eigenvalue weighted by Gasteiger charge is 2.30. The fourth-order valence-corrected chi connectivity index (χ4v) is 11.7. The molecule has 0 heterocycles. The number of carbonyl (C=O) groups is 4. The van der Waals surface area contributed by atoms with Crippen molar-refractivity contribution >= 4 is 39.5 Å². The van der Waals surface area contributed by atoms with Gasteiger partial charge in [-0.15, -0.1) is 0 Å². The molecule has 0 aromatic rings. The van der Waals surface area contributed by atoms with Crippen LogP contribution in [0.5, 0.6) is 0 Å². The van der Waals surface area contributed by atoms with Gasteiger partial charge in [0, 0.05) is 25.7 Å². The van der Waals surface area contributed by atoms with E-state index in [2.05, 4.69) is 198 Å². The van der Waals surface area contributed by atoms with Gasteiger partial charge in [-0.1, -0.05) is 274 Å². The smallest absolute Gasteiger partial charge is 0.462 e. The number of ether oxygens (including phenoxy) is 4. The van der Waals surface area contributed by atoms with Crippen molar-refractivity contribution in [1.82, 2.24) is 0 Å². The van der Waals surface area contributed by atoms with Gasteiger partial charge in [0.05, 0.1) is 26.4 Å². The van der Waals surface area contributed by atoms with Crippen LogP contribution in [0.1, 0.15) is 297 Å². The molecule has 2 unspecified atom stereocenters. The van der Waals surface area contributed by atoms with Crippen LogP contribution < -0.4 is 0 Å². The highest BCUT2D eigenvalue weighted by molar-refractivity contribution is 7.47. The SMILES string of the molecule is CC/C=C\C/C=C\C/C=C\C/C=C\C/C=C\CCCCCC(=O)OC[C@H](COP(=O)(O)OC[C@@H](O)COP(=O)(O)OC[C@@H](COC(=O)CCC/C=C\C/C=C\C/C=C\C/C=C\CCCCC)OC(=O)CCCCC/C=C\C/C=C\C/C=C\C/C=C\C/C=C\CC)OC(=O)CCCCCCC/C=C\CCCCCC. The minimum Gasteiger partial charge on any atom is -0.462 e. The van der Waals surface area contributed by atoms with Crippen LogP contribution in [0.15, 0.2) is 182 Å². The van der Waals surface area contributed by atoms with Crippen molar-refractivity contribution in [2.45, 2.75) is 316 Å². The van der Waals surface area contributed by atoms with Crippen LogP contribution in [0.4, 0.5) is 0 Å². The number of allylic oxidation sites excluding steroid dienone is 30. The lowest BCUT2D eigenvalue weighted by Gasteiger charge is -2.21. The van der Waals surface area contributed by atoms with Crippen molar-refractivity contribution in [2.24, 2.45) is 0 Å². The first-order chi connectivity index (χ1) is 52.7. The van der Waals surface area contributed by atoms with Crippen molar-refractivity contribution in [2.75, 3.05) is 39.6 Å². The molecule has 5 atom stereocenters. The van der Waals surface area contributed by atoms with Crippen LogP contribution in [-0.2, 0) is 65.4 Å². The van der Waals surface area contributed by atoms with Gasteiger partial charge in [-0.3, -0.25) is 37.3 Å². The number of phosphoric acid groups is 2. The average Bonchev–Trinajstić information content (AvgIpc) is 0.913. The minimum absolute atomic E-state index is 0.0365. The van der Waals surface area contributed by atoms with E-state index in [4.69, 9.17) is 37.0 Å². The van der Waals surface area contributed by atoms with E-state index < -0.39 is 97.5 Å². The first-order valence-corrected chi connectivity index (χ1v) is 44.0. The third-order valence-corrected chi connectivity index (χ3v) is 18.2. The Hall–Kier alpha value is -5.84. The second-order valence-corrected chi connectivity index (χ2v) is 29.5. The summed E-state index contributed by atoms with van der Waals surface area (Å²) < 4.78 is 68.6. The second kappa shape index (κ2) is 79.3. The summed E-state index contributed by atoms with van der Waals surface area (Å²) >= 11 is 0. The van der Waals surface area contributed by atoms with Crippen molar-refractivity contribution < 1.29 is 80.2 Å². The van der Waals surface area contributed by atoms with Gasteiger partial charge in [0.25, 0.3) is 0 Å². The van der Waals surface area contributed by atoms with Crippen molar-refractivity contribution in [3.05, 3.63) is 182 Å². The third kappa shape index (κ3) is 78.3. The van der Waals surface area contributed by atoms with E-state index in [0.717, 1.165) is 167 Å². The quantitative estimate of drug-likeness (QED) is 0.0169. The van der Waals surface area contributed by atoms with Crippen LogP contribution in [0.2, 0.25) is 0 Å². The molecule has 612 valence electrons. The topological polar surface area (TPSA) is 237 Å². The second-order valence-electron chi connectivity index (χ2n) is 26.6. The minimum atomic E-state index is -5.01. The summed E-state index contributed by atoms with van der Waals surface area (Å²) in [6.45, 7) is 4.44. The Balaban J connectivity index is 5.50. The molecule has 0 rings (SSSR count). The number of unbranched alkanes of at least 4 members (excludes halogenated alkanes) is 19. The predicted molar refractivity (Wildman–Crippen MR) is 445 cm³/mol. The Labute approximate surface area is 654 Å². The zero-order valence-corrected chi connectivity index (χ0v) is 68.7. The highest BCUT2D eigenvalue weighted by atomic mass is 31.2. The van der Waals surface area contributed by atoms with Crippen LogP contribution >= 0.6 is 15.6 Å². The van der Waals surface area contributed by atoms with Crippen molar-refractivity contribution in [3.8, 4) is 0 Å². The van der Waals surface area contributed by atoms with Crippen LogP contribution in [0.3, 0.4) is 0 Å². The maximum atomic E-state index is 13.1. The van der Waals surface area contributed by atoms with E-state index in [0.29, 0.717) is 32.1 Å². The molecular weight excluding hydrogens is 1400 g/mol. The molecule has 0 fully saturated rings. The number of aliphatic hydroxyl groups is 1. The fourth-order valence-electron chi connectivity index (χ4n) is 10.1. The molecule has 108 heavy (non-hydrogen) atoms. The number of aliphatic hydroxyl groups excluding tert-OH is 1. The van der Waals surface area contributed by atoms with Gasteiger partial charge in [0.2, 0.25) is 0 Å². The summed E-state index contributed by atoms with van der Waals surface area (Å²) in [6, 6.07) is 0. The van der Waals surface area contributed by atoms with Gasteiger partial charge >= 0.3 is 39.5 Å². The van der Waals surface area contributed by atoms with E-state index >= 15 is 0 Å². The predicted octanol–water partition coefficient (Wildman–Crippen LogP) is 24.3. The first-order valence-electron chi connectivity index (χ1n) is 41.0. The number of hydrogen-bond donors (Lipinski definition) is 3. The molecule has 0 radical (unpaired) electrons. The van der Waals surface area contributed by atoms with Gasteiger partial charge in [-0.2, -0.15) is 0 Å². The Morgan fingerprint density at radius 1 is 0.269 bits per heavy atom. The van der Waals surface area contributed by atoms with E-state index in [-0.39, 0.29) is 25.7 Å². The number of rotatable bonds is 75. The Morgan fingerprint density at radius 3 is 0.815 bits per heavy atom. The van der Waals surface area contributed by atoms with Gasteiger partial charge < -0.3 is 33.8 Å². The lowest BCUT2D eigenvalue weighted by atomic mass is 10.1. The maximum absolute atomic E-state index is 13.1. The zero-order chi connectivity index (χ0) is 78.9. The van der Waals surface area contributed by atoms with E-state index in [1.807, 2.05) is 12.2 Å². The lowest BCUT2D eigenvalue weighted by Crippen LogP contribution is -2.30. The summed E-state index contributed by atoms with van der Waals surface area (Å²) in [4.78, 5) is 73.1. The average molecular weight is 1550 g/mol. The summed E-state index contributed by atoms with van der Waals surface area (Å²) in [5, 5.41) is 10.7.